The van der Waals surface area contributed by atoms with Crippen molar-refractivity contribution in [2.75, 3.05) is 0 Å². The molecule has 18 heavy (non-hydrogen) atoms. The molecule has 2 saturated carbocycles. The van der Waals surface area contributed by atoms with Crippen LogP contribution in [0.25, 0.3) is 0 Å². The van der Waals surface area contributed by atoms with E-state index in [1.807, 2.05) is 12.1 Å². The zero-order valence-corrected chi connectivity index (χ0v) is 12.9. The summed E-state index contributed by atoms with van der Waals surface area (Å²) in [6, 6.07) is 8.23. The van der Waals surface area contributed by atoms with E-state index in [0.717, 1.165) is 22.9 Å². The van der Waals surface area contributed by atoms with Gasteiger partial charge in [-0.15, -0.1) is 0 Å². The number of benzene rings is 1. The highest BCUT2D eigenvalue weighted by molar-refractivity contribution is 9.10. The van der Waals surface area contributed by atoms with Crippen LogP contribution in [0.5, 0.6) is 0 Å². The maximum Gasteiger partial charge on any atom is 0.0957 e. The molecule has 0 aromatic heterocycles. The van der Waals surface area contributed by atoms with Gasteiger partial charge in [0.15, 0.2) is 0 Å². The van der Waals surface area contributed by atoms with Crippen LogP contribution in [0, 0.1) is 16.7 Å². The molecule has 0 amide bonds. The maximum atomic E-state index is 11.3. The van der Waals surface area contributed by atoms with Crippen molar-refractivity contribution < 1.29 is 5.11 Å². The largest absolute Gasteiger partial charge is 0.385 e. The SMILES string of the molecule is CC1(C)C2CCC1(C)C(O)(c1ccc(Br)cc1)C2. The molecule has 0 spiro atoms. The number of aliphatic hydroxyl groups is 1. The first-order chi connectivity index (χ1) is 8.31. The quantitative estimate of drug-likeness (QED) is 0.811. The van der Waals surface area contributed by atoms with E-state index in [4.69, 9.17) is 0 Å². The van der Waals surface area contributed by atoms with E-state index in [1.54, 1.807) is 0 Å². The topological polar surface area (TPSA) is 20.2 Å². The molecule has 0 radical (unpaired) electrons. The van der Waals surface area contributed by atoms with Crippen LogP contribution in [0.3, 0.4) is 0 Å². The van der Waals surface area contributed by atoms with E-state index in [9.17, 15) is 5.11 Å². The summed E-state index contributed by atoms with van der Waals surface area (Å²) in [6.45, 7) is 6.95. The van der Waals surface area contributed by atoms with Gasteiger partial charge >= 0.3 is 0 Å². The molecule has 0 saturated heterocycles. The molecule has 2 heteroatoms. The van der Waals surface area contributed by atoms with Crippen molar-refractivity contribution in [1.82, 2.24) is 0 Å². The van der Waals surface area contributed by atoms with Crippen molar-refractivity contribution in [2.45, 2.75) is 45.6 Å². The molecule has 2 aliphatic carbocycles. The standard InChI is InChI=1S/C16H21BrO/c1-14(2)12-8-9-15(14,3)16(18,10-12)11-4-6-13(17)7-5-11/h4-7,12,18H,8-10H2,1-3H3. The number of hydrogen-bond acceptors (Lipinski definition) is 1. The van der Waals surface area contributed by atoms with E-state index in [2.05, 4.69) is 48.8 Å². The van der Waals surface area contributed by atoms with E-state index < -0.39 is 5.60 Å². The fourth-order valence-electron chi connectivity index (χ4n) is 4.44. The monoisotopic (exact) mass is 308 g/mol. The van der Waals surface area contributed by atoms with Gasteiger partial charge in [-0.05, 0) is 48.3 Å². The Bertz CT molecular complexity index is 478. The van der Waals surface area contributed by atoms with Crippen molar-refractivity contribution in [3.63, 3.8) is 0 Å². The van der Waals surface area contributed by atoms with Gasteiger partial charge in [-0.3, -0.25) is 0 Å². The van der Waals surface area contributed by atoms with Gasteiger partial charge in [-0.2, -0.15) is 0 Å². The third-order valence-corrected chi connectivity index (χ3v) is 6.74. The second-order valence-corrected chi connectivity index (χ2v) is 7.78. The summed E-state index contributed by atoms with van der Waals surface area (Å²) in [5.41, 5.74) is 0.663. The number of rotatable bonds is 1. The van der Waals surface area contributed by atoms with E-state index >= 15 is 0 Å². The van der Waals surface area contributed by atoms with Crippen LogP contribution in [-0.4, -0.2) is 5.11 Å². The highest BCUT2D eigenvalue weighted by Gasteiger charge is 2.68. The van der Waals surface area contributed by atoms with Crippen molar-refractivity contribution in [3.05, 3.63) is 34.3 Å². The third-order valence-electron chi connectivity index (χ3n) is 6.21. The average molecular weight is 309 g/mol. The molecule has 0 aliphatic heterocycles. The highest BCUT2D eigenvalue weighted by atomic mass is 79.9. The first-order valence-corrected chi connectivity index (χ1v) is 7.59. The summed E-state index contributed by atoms with van der Waals surface area (Å²) in [5.74, 6) is 0.649. The Labute approximate surface area is 118 Å². The molecule has 1 aromatic rings. The minimum absolute atomic E-state index is 0.00149. The van der Waals surface area contributed by atoms with Gasteiger partial charge in [0, 0.05) is 9.89 Å². The van der Waals surface area contributed by atoms with E-state index in [-0.39, 0.29) is 10.8 Å². The van der Waals surface area contributed by atoms with Gasteiger partial charge in [-0.1, -0.05) is 48.8 Å². The lowest BCUT2D eigenvalue weighted by molar-refractivity contribution is -0.0957. The predicted octanol–water partition coefficient (Wildman–Crippen LogP) is 4.48. The van der Waals surface area contributed by atoms with Crippen molar-refractivity contribution in [3.8, 4) is 0 Å². The molecule has 2 fully saturated rings. The molecule has 3 atom stereocenters. The minimum atomic E-state index is -0.653. The molecule has 3 rings (SSSR count). The van der Waals surface area contributed by atoms with Gasteiger partial charge in [0.1, 0.15) is 0 Å². The lowest BCUT2D eigenvalue weighted by Crippen LogP contribution is -2.44. The van der Waals surface area contributed by atoms with E-state index in [1.165, 1.54) is 6.42 Å². The van der Waals surface area contributed by atoms with Crippen LogP contribution in [0.15, 0.2) is 28.7 Å². The fraction of sp³-hybridized carbons (Fsp3) is 0.625. The van der Waals surface area contributed by atoms with Gasteiger partial charge in [-0.25, -0.2) is 0 Å². The predicted molar refractivity (Wildman–Crippen MR) is 77.3 cm³/mol. The van der Waals surface area contributed by atoms with Crippen LogP contribution in [0.2, 0.25) is 0 Å². The number of fused-ring (bicyclic) bond motifs is 2. The molecule has 0 heterocycles. The lowest BCUT2D eigenvalue weighted by Gasteiger charge is -2.45. The van der Waals surface area contributed by atoms with Gasteiger partial charge in [0.05, 0.1) is 5.60 Å². The Morgan fingerprint density at radius 2 is 1.78 bits per heavy atom. The third kappa shape index (κ3) is 1.31. The summed E-state index contributed by atoms with van der Waals surface area (Å²) in [5, 5.41) is 11.3. The maximum absolute atomic E-state index is 11.3. The van der Waals surface area contributed by atoms with Crippen LogP contribution in [0.1, 0.15) is 45.6 Å². The fourth-order valence-corrected chi connectivity index (χ4v) is 4.70. The van der Waals surface area contributed by atoms with Gasteiger partial charge in [0.2, 0.25) is 0 Å². The van der Waals surface area contributed by atoms with Crippen LogP contribution in [0.4, 0.5) is 0 Å². The molecule has 2 aliphatic rings. The molecular weight excluding hydrogens is 288 g/mol. The Kier molecular flexibility index (Phi) is 2.54. The first kappa shape index (κ1) is 12.7. The molecule has 1 nitrogen and oxygen atoms in total. The summed E-state index contributed by atoms with van der Waals surface area (Å²) >= 11 is 3.47. The molecule has 2 bridgehead atoms. The lowest BCUT2D eigenvalue weighted by atomic mass is 9.62. The normalized spacial score (nSPS) is 41.3. The molecule has 98 valence electrons. The van der Waals surface area contributed by atoms with Crippen molar-refractivity contribution >= 4 is 15.9 Å². The van der Waals surface area contributed by atoms with Crippen molar-refractivity contribution in [1.29, 1.82) is 0 Å². The Hall–Kier alpha value is -0.340. The Balaban J connectivity index is 2.10. The van der Waals surface area contributed by atoms with Crippen LogP contribution < -0.4 is 0 Å². The molecule has 3 unspecified atom stereocenters. The molecular formula is C16H21BrO. The Morgan fingerprint density at radius 3 is 2.22 bits per heavy atom. The number of halogens is 1. The highest BCUT2D eigenvalue weighted by Crippen LogP contribution is 2.72. The average Bonchev–Trinajstić information content (AvgIpc) is 2.62. The van der Waals surface area contributed by atoms with Crippen LogP contribution >= 0.6 is 15.9 Å². The smallest absolute Gasteiger partial charge is 0.0957 e. The van der Waals surface area contributed by atoms with Gasteiger partial charge in [0.25, 0.3) is 0 Å². The van der Waals surface area contributed by atoms with Crippen LogP contribution in [-0.2, 0) is 5.60 Å². The molecule has 1 aromatic carbocycles. The summed E-state index contributed by atoms with van der Waals surface area (Å²) in [7, 11) is 0. The Morgan fingerprint density at radius 1 is 1.17 bits per heavy atom. The zero-order chi connectivity index (χ0) is 13.2. The first-order valence-electron chi connectivity index (χ1n) is 6.80. The van der Waals surface area contributed by atoms with Gasteiger partial charge < -0.3 is 5.11 Å². The van der Waals surface area contributed by atoms with Crippen molar-refractivity contribution in [2.24, 2.45) is 16.7 Å². The minimum Gasteiger partial charge on any atom is -0.385 e. The number of hydrogen-bond donors (Lipinski definition) is 1. The summed E-state index contributed by atoms with van der Waals surface area (Å²) < 4.78 is 1.07. The summed E-state index contributed by atoms with van der Waals surface area (Å²) in [4.78, 5) is 0. The zero-order valence-electron chi connectivity index (χ0n) is 11.3. The van der Waals surface area contributed by atoms with E-state index in [0.29, 0.717) is 5.92 Å². The molecule has 1 N–H and O–H groups in total. The second kappa shape index (κ2) is 3.61. The summed E-state index contributed by atoms with van der Waals surface area (Å²) in [6.07, 6.45) is 3.32. The second-order valence-electron chi connectivity index (χ2n) is 6.86.